The second-order valence-electron chi connectivity index (χ2n) is 8.18. The predicted octanol–water partition coefficient (Wildman–Crippen LogP) is 6.09. The highest BCUT2D eigenvalue weighted by atomic mass is 31.2. The zero-order valence-electron chi connectivity index (χ0n) is 16.7. The van der Waals surface area contributed by atoms with Crippen LogP contribution >= 0.6 is 7.14 Å². The monoisotopic (exact) mass is 415 g/mol. The van der Waals surface area contributed by atoms with Gasteiger partial charge in [0.25, 0.3) is 0 Å². The number of nitrogens with one attached hydrogen (secondary N) is 1. The lowest BCUT2D eigenvalue weighted by molar-refractivity contribution is 0.593. The van der Waals surface area contributed by atoms with Crippen LogP contribution in [0, 0.1) is 0 Å². The quantitative estimate of drug-likeness (QED) is 0.323. The molecule has 0 fully saturated rings. The van der Waals surface area contributed by atoms with Gasteiger partial charge in [-0.15, -0.1) is 0 Å². The summed E-state index contributed by atoms with van der Waals surface area (Å²) in [5.74, 6) is 0. The molecule has 31 heavy (non-hydrogen) atoms. The van der Waals surface area contributed by atoms with Crippen LogP contribution in [-0.4, -0.2) is 4.98 Å². The summed E-state index contributed by atoms with van der Waals surface area (Å²) >= 11 is 0. The van der Waals surface area contributed by atoms with Crippen LogP contribution in [0.1, 0.15) is 0 Å². The van der Waals surface area contributed by atoms with E-state index in [0.717, 1.165) is 43.5 Å². The second kappa shape index (κ2) is 5.97. The minimum atomic E-state index is -2.99. The van der Waals surface area contributed by atoms with Crippen LogP contribution < -0.4 is 15.9 Å². The molecule has 1 aliphatic rings. The van der Waals surface area contributed by atoms with Crippen molar-refractivity contribution in [1.29, 1.82) is 0 Å². The summed E-state index contributed by atoms with van der Waals surface area (Å²) in [6.07, 6.45) is 0. The van der Waals surface area contributed by atoms with E-state index >= 15 is 0 Å². The molecule has 1 aromatic heterocycles. The number of aromatic amines is 1. The SMILES string of the molecule is O=P1(c2ccccc2)c2ccccc2-c2ccc3c([nH]c4ccc5ccccc5c43)c21. The maximum Gasteiger partial charge on any atom is 0.174 e. The van der Waals surface area contributed by atoms with Crippen molar-refractivity contribution < 1.29 is 4.57 Å². The van der Waals surface area contributed by atoms with Crippen LogP contribution in [0.25, 0.3) is 43.7 Å². The van der Waals surface area contributed by atoms with Crippen LogP contribution in [0.2, 0.25) is 0 Å². The minimum Gasteiger partial charge on any atom is -0.354 e. The first kappa shape index (κ1) is 17.1. The molecule has 1 aliphatic heterocycles. The topological polar surface area (TPSA) is 32.9 Å². The summed E-state index contributed by atoms with van der Waals surface area (Å²) in [5.41, 5.74) is 4.23. The van der Waals surface area contributed by atoms with E-state index in [-0.39, 0.29) is 0 Å². The lowest BCUT2D eigenvalue weighted by atomic mass is 10.0. The summed E-state index contributed by atoms with van der Waals surface area (Å²) in [7, 11) is -2.99. The first-order chi connectivity index (χ1) is 15.3. The Morgan fingerprint density at radius 3 is 2.29 bits per heavy atom. The summed E-state index contributed by atoms with van der Waals surface area (Å²) in [6.45, 7) is 0. The smallest absolute Gasteiger partial charge is 0.174 e. The summed E-state index contributed by atoms with van der Waals surface area (Å²) in [6, 6.07) is 35.2. The molecular weight excluding hydrogens is 397 g/mol. The van der Waals surface area contributed by atoms with Gasteiger partial charge in [-0.25, -0.2) is 0 Å². The second-order valence-corrected chi connectivity index (χ2v) is 10.8. The third kappa shape index (κ3) is 2.10. The lowest BCUT2D eigenvalue weighted by Gasteiger charge is -2.16. The third-order valence-corrected chi connectivity index (χ3v) is 9.79. The van der Waals surface area contributed by atoms with E-state index < -0.39 is 7.14 Å². The first-order valence-corrected chi connectivity index (χ1v) is 12.2. The van der Waals surface area contributed by atoms with Crippen molar-refractivity contribution in [1.82, 2.24) is 4.98 Å². The molecule has 7 rings (SSSR count). The Kier molecular flexibility index (Phi) is 3.29. The summed E-state index contributed by atoms with van der Waals surface area (Å²) in [4.78, 5) is 3.66. The number of fused-ring (bicyclic) bond motifs is 9. The van der Waals surface area contributed by atoms with Crippen molar-refractivity contribution >= 4 is 55.6 Å². The maximum atomic E-state index is 15.0. The van der Waals surface area contributed by atoms with Gasteiger partial charge in [0.1, 0.15) is 0 Å². The largest absolute Gasteiger partial charge is 0.354 e. The molecule has 0 aliphatic carbocycles. The van der Waals surface area contributed by atoms with E-state index in [2.05, 4.69) is 59.6 Å². The van der Waals surface area contributed by atoms with Gasteiger partial charge in [-0.05, 0) is 28.0 Å². The number of hydrogen-bond donors (Lipinski definition) is 1. The van der Waals surface area contributed by atoms with Gasteiger partial charge in [-0.1, -0.05) is 97.1 Å². The normalized spacial score (nSPS) is 17.3. The van der Waals surface area contributed by atoms with Gasteiger partial charge in [-0.3, -0.25) is 0 Å². The number of aromatic nitrogens is 1. The van der Waals surface area contributed by atoms with Crippen LogP contribution in [0.4, 0.5) is 0 Å². The molecule has 1 unspecified atom stereocenters. The van der Waals surface area contributed by atoms with Gasteiger partial charge in [0.05, 0.1) is 10.8 Å². The highest BCUT2D eigenvalue weighted by Crippen LogP contribution is 2.54. The standard InChI is InChI=1S/C28H18NOP/c30-31(19-9-2-1-3-10-19)25-13-7-6-12-21(25)22-15-16-23-26-20-11-5-4-8-18(20)14-17-24(26)29-27(23)28(22)31/h1-17,29H. The molecule has 2 nitrogen and oxygen atoms in total. The highest BCUT2D eigenvalue weighted by molar-refractivity contribution is 7.86. The molecule has 2 heterocycles. The van der Waals surface area contributed by atoms with Crippen molar-refractivity contribution in [2.24, 2.45) is 0 Å². The molecule has 0 bridgehead atoms. The summed E-state index contributed by atoms with van der Waals surface area (Å²) in [5, 5.41) is 7.53. The predicted molar refractivity (Wildman–Crippen MR) is 132 cm³/mol. The number of rotatable bonds is 1. The number of benzene rings is 5. The lowest BCUT2D eigenvalue weighted by Crippen LogP contribution is -2.21. The van der Waals surface area contributed by atoms with E-state index in [9.17, 15) is 4.57 Å². The molecule has 1 atom stereocenters. The van der Waals surface area contributed by atoms with Crippen LogP contribution in [0.15, 0.2) is 103 Å². The van der Waals surface area contributed by atoms with E-state index in [1.807, 2.05) is 48.5 Å². The zero-order chi connectivity index (χ0) is 20.6. The van der Waals surface area contributed by atoms with Crippen molar-refractivity contribution in [2.45, 2.75) is 0 Å². The molecule has 0 saturated heterocycles. The molecule has 0 spiro atoms. The van der Waals surface area contributed by atoms with E-state index in [4.69, 9.17) is 0 Å². The fraction of sp³-hybridized carbons (Fsp3) is 0. The molecule has 5 aromatic carbocycles. The molecule has 1 N–H and O–H groups in total. The Morgan fingerprint density at radius 1 is 0.613 bits per heavy atom. The molecule has 0 radical (unpaired) electrons. The molecular formula is C28H18NOP. The highest BCUT2D eigenvalue weighted by Gasteiger charge is 2.42. The third-order valence-electron chi connectivity index (χ3n) is 6.60. The van der Waals surface area contributed by atoms with Crippen molar-refractivity contribution in [3.8, 4) is 11.1 Å². The Bertz CT molecular complexity index is 1710. The average molecular weight is 415 g/mol. The van der Waals surface area contributed by atoms with Crippen molar-refractivity contribution in [3.63, 3.8) is 0 Å². The fourth-order valence-corrected chi connectivity index (χ4v) is 8.50. The first-order valence-electron chi connectivity index (χ1n) is 10.5. The van der Waals surface area contributed by atoms with Crippen LogP contribution in [0.5, 0.6) is 0 Å². The van der Waals surface area contributed by atoms with Gasteiger partial charge in [0.2, 0.25) is 0 Å². The van der Waals surface area contributed by atoms with Gasteiger partial charge in [0.15, 0.2) is 7.14 Å². The maximum absolute atomic E-state index is 15.0. The van der Waals surface area contributed by atoms with E-state index in [0.29, 0.717) is 0 Å². The Morgan fingerprint density at radius 2 is 1.39 bits per heavy atom. The number of hydrogen-bond acceptors (Lipinski definition) is 1. The van der Waals surface area contributed by atoms with E-state index in [1.54, 1.807) is 0 Å². The molecule has 146 valence electrons. The van der Waals surface area contributed by atoms with Crippen LogP contribution in [0.3, 0.4) is 0 Å². The van der Waals surface area contributed by atoms with Gasteiger partial charge in [-0.2, -0.15) is 0 Å². The minimum absolute atomic E-state index is 0.886. The molecule has 0 saturated carbocycles. The fourth-order valence-electron chi connectivity index (χ4n) is 5.27. The molecule has 6 aromatic rings. The van der Waals surface area contributed by atoms with Gasteiger partial charge >= 0.3 is 0 Å². The Labute approximate surface area is 179 Å². The van der Waals surface area contributed by atoms with E-state index in [1.165, 1.54) is 16.2 Å². The van der Waals surface area contributed by atoms with Crippen LogP contribution in [-0.2, 0) is 4.57 Å². The number of H-pyrrole nitrogens is 1. The Balaban J connectivity index is 1.69. The van der Waals surface area contributed by atoms with Crippen molar-refractivity contribution in [3.05, 3.63) is 103 Å². The Hall–Kier alpha value is -3.61. The van der Waals surface area contributed by atoms with Crippen molar-refractivity contribution in [2.75, 3.05) is 0 Å². The molecule has 0 amide bonds. The van der Waals surface area contributed by atoms with Gasteiger partial charge in [0, 0.05) is 26.9 Å². The zero-order valence-corrected chi connectivity index (χ0v) is 17.6. The average Bonchev–Trinajstić information content (AvgIpc) is 3.34. The molecule has 3 heteroatoms. The summed E-state index contributed by atoms with van der Waals surface area (Å²) < 4.78 is 15.0. The van der Waals surface area contributed by atoms with Gasteiger partial charge < -0.3 is 9.55 Å².